The molecule has 0 saturated heterocycles. The molecule has 140 valence electrons. The van der Waals surface area contributed by atoms with Gasteiger partial charge in [0, 0.05) is 5.56 Å². The molecule has 0 aliphatic rings. The van der Waals surface area contributed by atoms with Crippen molar-refractivity contribution in [2.24, 2.45) is 0 Å². The molecule has 1 atom stereocenters. The highest BCUT2D eigenvalue weighted by atomic mass is 32.1. The van der Waals surface area contributed by atoms with Crippen LogP contribution in [0.1, 0.15) is 34.2 Å². The van der Waals surface area contributed by atoms with Gasteiger partial charge in [-0.25, -0.2) is 14.8 Å². The molecule has 7 heteroatoms. The molecule has 0 aliphatic heterocycles. The van der Waals surface area contributed by atoms with Crippen LogP contribution in [-0.4, -0.2) is 20.9 Å². The maximum Gasteiger partial charge on any atom is 0.350 e. The quantitative estimate of drug-likeness (QED) is 0.525. The molecule has 0 aliphatic carbocycles. The molecular weight excluding hydrogens is 374 g/mol. The predicted octanol–water partition coefficient (Wildman–Crippen LogP) is 4.27. The summed E-state index contributed by atoms with van der Waals surface area (Å²) in [6.07, 6.45) is -0.702. The summed E-state index contributed by atoms with van der Waals surface area (Å²) in [7, 11) is 0. The topological polar surface area (TPSA) is 84.9 Å². The first-order valence-corrected chi connectivity index (χ1v) is 9.57. The van der Waals surface area contributed by atoms with Crippen molar-refractivity contribution in [3.63, 3.8) is 0 Å². The van der Waals surface area contributed by atoms with Gasteiger partial charge in [-0.1, -0.05) is 42.5 Å². The number of para-hydroxylation sites is 1. The lowest BCUT2D eigenvalue weighted by Crippen LogP contribution is -2.17. The number of aromatic nitrogens is 3. The van der Waals surface area contributed by atoms with Crippen LogP contribution in [-0.2, 0) is 4.74 Å². The van der Waals surface area contributed by atoms with E-state index in [2.05, 4.69) is 15.0 Å². The third-order valence-electron chi connectivity index (χ3n) is 4.30. The zero-order chi connectivity index (χ0) is 19.7. The van der Waals surface area contributed by atoms with E-state index in [0.29, 0.717) is 27.3 Å². The van der Waals surface area contributed by atoms with Gasteiger partial charge in [0.25, 0.3) is 5.56 Å². The molecule has 2 aromatic heterocycles. The van der Waals surface area contributed by atoms with E-state index in [1.807, 2.05) is 30.3 Å². The molecule has 6 nitrogen and oxygen atoms in total. The van der Waals surface area contributed by atoms with Gasteiger partial charge in [0.1, 0.15) is 9.88 Å². The summed E-state index contributed by atoms with van der Waals surface area (Å²) in [6, 6.07) is 16.7. The number of esters is 1. The van der Waals surface area contributed by atoms with Gasteiger partial charge in [-0.05, 0) is 26.0 Å². The SMILES string of the molecule is Cc1nc(-c2ccccc2)sc1C(=O)O[C@@H](C)c1nc2ccccc2c(=O)[nH]1. The molecule has 0 radical (unpaired) electrons. The number of nitrogens with one attached hydrogen (secondary N) is 1. The number of aryl methyl sites for hydroxylation is 1. The Morgan fingerprint density at radius 2 is 1.79 bits per heavy atom. The fourth-order valence-electron chi connectivity index (χ4n) is 2.86. The Labute approximate surface area is 164 Å². The van der Waals surface area contributed by atoms with E-state index >= 15 is 0 Å². The molecule has 1 N–H and O–H groups in total. The number of aromatic amines is 1. The lowest BCUT2D eigenvalue weighted by Gasteiger charge is -2.12. The molecule has 0 spiro atoms. The van der Waals surface area contributed by atoms with Crippen LogP contribution >= 0.6 is 11.3 Å². The molecular formula is C21H17N3O3S. The minimum absolute atomic E-state index is 0.260. The molecule has 2 aromatic carbocycles. The lowest BCUT2D eigenvalue weighted by atomic mass is 10.2. The number of carbonyl (C=O) groups excluding carboxylic acids is 1. The number of nitrogens with zero attached hydrogens (tertiary/aromatic N) is 2. The number of H-pyrrole nitrogens is 1. The first-order chi connectivity index (χ1) is 13.5. The molecule has 0 unspecified atom stereocenters. The number of hydrogen-bond donors (Lipinski definition) is 1. The summed E-state index contributed by atoms with van der Waals surface area (Å²) in [5, 5.41) is 1.26. The van der Waals surface area contributed by atoms with Crippen LogP contribution in [0.2, 0.25) is 0 Å². The summed E-state index contributed by atoms with van der Waals surface area (Å²) in [5.74, 6) is -0.178. The van der Waals surface area contributed by atoms with E-state index < -0.39 is 12.1 Å². The first kappa shape index (κ1) is 18.1. The van der Waals surface area contributed by atoms with Crippen molar-refractivity contribution in [2.75, 3.05) is 0 Å². The van der Waals surface area contributed by atoms with Crippen LogP contribution in [0.25, 0.3) is 21.5 Å². The average Bonchev–Trinajstić information content (AvgIpc) is 3.10. The highest BCUT2D eigenvalue weighted by Gasteiger charge is 2.21. The van der Waals surface area contributed by atoms with Crippen LogP contribution in [0.5, 0.6) is 0 Å². The fourth-order valence-corrected chi connectivity index (χ4v) is 3.81. The normalized spacial score (nSPS) is 12.1. The highest BCUT2D eigenvalue weighted by molar-refractivity contribution is 7.17. The number of hydrogen-bond acceptors (Lipinski definition) is 6. The van der Waals surface area contributed by atoms with Gasteiger partial charge in [0.15, 0.2) is 11.9 Å². The minimum atomic E-state index is -0.702. The second kappa shape index (κ2) is 7.36. The van der Waals surface area contributed by atoms with E-state index in [4.69, 9.17) is 4.74 Å². The molecule has 0 amide bonds. The second-order valence-corrected chi connectivity index (χ2v) is 7.31. The number of thiazole rings is 1. The maximum absolute atomic E-state index is 12.7. The van der Waals surface area contributed by atoms with Crippen molar-refractivity contribution in [2.45, 2.75) is 20.0 Å². The fraction of sp³-hybridized carbons (Fsp3) is 0.143. The Balaban J connectivity index is 1.59. The minimum Gasteiger partial charge on any atom is -0.450 e. The summed E-state index contributed by atoms with van der Waals surface area (Å²) < 4.78 is 5.56. The summed E-state index contributed by atoms with van der Waals surface area (Å²) in [4.78, 5) is 36.9. The average molecular weight is 391 g/mol. The Hall–Kier alpha value is -3.32. The van der Waals surface area contributed by atoms with E-state index in [9.17, 15) is 9.59 Å². The third kappa shape index (κ3) is 3.44. The van der Waals surface area contributed by atoms with Crippen molar-refractivity contribution in [1.82, 2.24) is 15.0 Å². The molecule has 4 aromatic rings. The molecule has 0 fully saturated rings. The predicted molar refractivity (Wildman–Crippen MR) is 108 cm³/mol. The molecule has 28 heavy (non-hydrogen) atoms. The van der Waals surface area contributed by atoms with Crippen molar-refractivity contribution < 1.29 is 9.53 Å². The van der Waals surface area contributed by atoms with Crippen LogP contribution in [0.4, 0.5) is 0 Å². The van der Waals surface area contributed by atoms with Gasteiger partial charge < -0.3 is 9.72 Å². The van der Waals surface area contributed by atoms with Gasteiger partial charge in [0.05, 0.1) is 16.6 Å². The number of benzene rings is 2. The molecule has 4 rings (SSSR count). The third-order valence-corrected chi connectivity index (χ3v) is 5.49. The van der Waals surface area contributed by atoms with Crippen molar-refractivity contribution >= 4 is 28.2 Å². The largest absolute Gasteiger partial charge is 0.450 e. The Morgan fingerprint density at radius 1 is 1.07 bits per heavy atom. The van der Waals surface area contributed by atoms with E-state index in [0.717, 1.165) is 10.6 Å². The molecule has 0 saturated carbocycles. The van der Waals surface area contributed by atoms with Gasteiger partial charge in [-0.2, -0.15) is 0 Å². The number of fused-ring (bicyclic) bond motifs is 1. The standard InChI is InChI=1S/C21H17N3O3S/c1-12-17(28-20(22-12)14-8-4-3-5-9-14)21(26)27-13(2)18-23-16-11-7-6-10-15(16)19(25)24-18/h3-11,13H,1-2H3,(H,23,24,25)/t13-/m0/s1. The van der Waals surface area contributed by atoms with Crippen LogP contribution in [0.3, 0.4) is 0 Å². The van der Waals surface area contributed by atoms with E-state index in [1.165, 1.54) is 11.3 Å². The maximum atomic E-state index is 12.7. The Morgan fingerprint density at radius 3 is 2.57 bits per heavy atom. The van der Waals surface area contributed by atoms with Crippen molar-refractivity contribution in [3.8, 4) is 10.6 Å². The van der Waals surface area contributed by atoms with E-state index in [-0.39, 0.29) is 5.56 Å². The van der Waals surface area contributed by atoms with Crippen molar-refractivity contribution in [1.29, 1.82) is 0 Å². The number of ether oxygens (including phenoxy) is 1. The lowest BCUT2D eigenvalue weighted by molar-refractivity contribution is 0.0325. The van der Waals surface area contributed by atoms with Crippen LogP contribution < -0.4 is 5.56 Å². The van der Waals surface area contributed by atoms with Crippen LogP contribution in [0, 0.1) is 6.92 Å². The van der Waals surface area contributed by atoms with Gasteiger partial charge >= 0.3 is 5.97 Å². The molecule has 2 heterocycles. The highest BCUT2D eigenvalue weighted by Crippen LogP contribution is 2.29. The second-order valence-electron chi connectivity index (χ2n) is 6.32. The van der Waals surface area contributed by atoms with Gasteiger partial charge in [-0.15, -0.1) is 11.3 Å². The first-order valence-electron chi connectivity index (χ1n) is 8.75. The zero-order valence-electron chi connectivity index (χ0n) is 15.3. The van der Waals surface area contributed by atoms with E-state index in [1.54, 1.807) is 38.1 Å². The Kier molecular flexibility index (Phi) is 4.75. The number of rotatable bonds is 4. The zero-order valence-corrected chi connectivity index (χ0v) is 16.1. The summed E-state index contributed by atoms with van der Waals surface area (Å²) in [6.45, 7) is 3.46. The van der Waals surface area contributed by atoms with Crippen molar-refractivity contribution in [3.05, 3.63) is 81.3 Å². The summed E-state index contributed by atoms with van der Waals surface area (Å²) >= 11 is 1.29. The smallest absolute Gasteiger partial charge is 0.350 e. The van der Waals surface area contributed by atoms with Crippen LogP contribution in [0.15, 0.2) is 59.4 Å². The van der Waals surface area contributed by atoms with Gasteiger partial charge in [0.2, 0.25) is 0 Å². The van der Waals surface area contributed by atoms with Gasteiger partial charge in [-0.3, -0.25) is 4.79 Å². The number of carbonyl (C=O) groups is 1. The summed E-state index contributed by atoms with van der Waals surface area (Å²) in [5.41, 5.74) is 1.86. The monoisotopic (exact) mass is 391 g/mol. The Bertz CT molecular complexity index is 1210. The molecule has 0 bridgehead atoms.